The molecule has 0 aliphatic heterocycles. The first-order valence-corrected chi connectivity index (χ1v) is 5.09. The van der Waals surface area contributed by atoms with Crippen LogP contribution in [0, 0.1) is 0 Å². The monoisotopic (exact) mass is 276 g/mol. The lowest BCUT2D eigenvalue weighted by Gasteiger charge is -2.14. The third kappa shape index (κ3) is 3.02. The summed E-state index contributed by atoms with van der Waals surface area (Å²) < 4.78 is 37.9. The number of Topliss-reactive ketones (excluding diaryl/α,β-unsaturated/α-hetero) is 1. The summed E-state index contributed by atoms with van der Waals surface area (Å²) in [6, 6.07) is -0.198. The molecular weight excluding hydrogens is 265 g/mol. The number of alkyl halides is 3. The van der Waals surface area contributed by atoms with E-state index < -0.39 is 46.3 Å². The van der Waals surface area contributed by atoms with Gasteiger partial charge in [0.25, 0.3) is 0 Å². The Hall–Kier alpha value is -2.09. The van der Waals surface area contributed by atoms with Crippen molar-refractivity contribution in [2.24, 2.45) is 5.73 Å². The second-order valence-electron chi connectivity index (χ2n) is 3.94. The van der Waals surface area contributed by atoms with Crippen molar-refractivity contribution in [3.8, 4) is 0 Å². The number of carboxylic acids is 1. The van der Waals surface area contributed by atoms with E-state index in [1.54, 1.807) is 0 Å². The molecule has 0 spiro atoms. The lowest BCUT2D eigenvalue weighted by molar-refractivity contribution is -0.137. The van der Waals surface area contributed by atoms with Gasteiger partial charge in [0.1, 0.15) is 0 Å². The van der Waals surface area contributed by atoms with E-state index in [2.05, 4.69) is 0 Å². The third-order valence-electron chi connectivity index (χ3n) is 2.42. The van der Waals surface area contributed by atoms with Crippen LogP contribution in [-0.4, -0.2) is 22.9 Å². The fraction of sp³-hybridized carbons (Fsp3) is 0.273. The highest BCUT2D eigenvalue weighted by Crippen LogP contribution is 2.33. The molecule has 0 saturated carbocycles. The van der Waals surface area contributed by atoms with Gasteiger partial charge in [-0.05, 0) is 19.1 Å². The Morgan fingerprint density at radius 1 is 1.26 bits per heavy atom. The van der Waals surface area contributed by atoms with Crippen molar-refractivity contribution >= 4 is 17.4 Å². The number of hydrogen-bond acceptors (Lipinski definition) is 4. The summed E-state index contributed by atoms with van der Waals surface area (Å²) in [5.74, 6) is -2.51. The molecule has 0 bridgehead atoms. The van der Waals surface area contributed by atoms with Gasteiger partial charge >= 0.3 is 12.1 Å². The van der Waals surface area contributed by atoms with Gasteiger partial charge in [0.2, 0.25) is 0 Å². The Bertz CT molecular complexity index is 539. The SMILES string of the molecule is CC(N)C(=O)c1cc(C(F)(F)F)cc(C(=O)O)c1N. The van der Waals surface area contributed by atoms with Gasteiger partial charge in [0.05, 0.1) is 22.9 Å². The number of ketones is 1. The first-order valence-electron chi connectivity index (χ1n) is 5.09. The van der Waals surface area contributed by atoms with Crippen LogP contribution in [0.5, 0.6) is 0 Å². The fourth-order valence-corrected chi connectivity index (χ4v) is 1.44. The number of rotatable bonds is 3. The van der Waals surface area contributed by atoms with Gasteiger partial charge in [0, 0.05) is 5.56 Å². The van der Waals surface area contributed by atoms with Gasteiger partial charge < -0.3 is 16.6 Å². The number of benzene rings is 1. The van der Waals surface area contributed by atoms with Crippen LogP contribution in [-0.2, 0) is 6.18 Å². The van der Waals surface area contributed by atoms with E-state index in [-0.39, 0.29) is 0 Å². The molecule has 19 heavy (non-hydrogen) atoms. The van der Waals surface area contributed by atoms with Crippen LogP contribution in [0.2, 0.25) is 0 Å². The molecule has 0 aliphatic rings. The minimum Gasteiger partial charge on any atom is -0.478 e. The van der Waals surface area contributed by atoms with Gasteiger partial charge in [-0.25, -0.2) is 4.79 Å². The zero-order valence-corrected chi connectivity index (χ0v) is 9.78. The number of aromatic carboxylic acids is 1. The number of hydrogen-bond donors (Lipinski definition) is 3. The first kappa shape index (κ1) is 15.0. The number of anilines is 1. The summed E-state index contributed by atoms with van der Waals surface area (Å²) in [6.07, 6.45) is -4.79. The highest BCUT2D eigenvalue weighted by Gasteiger charge is 2.34. The van der Waals surface area contributed by atoms with Crippen LogP contribution in [0.3, 0.4) is 0 Å². The molecule has 0 saturated heterocycles. The van der Waals surface area contributed by atoms with Crippen LogP contribution < -0.4 is 11.5 Å². The number of halogens is 3. The van der Waals surface area contributed by atoms with E-state index in [1.165, 1.54) is 6.92 Å². The Morgan fingerprint density at radius 3 is 2.11 bits per heavy atom. The van der Waals surface area contributed by atoms with E-state index in [0.717, 1.165) is 0 Å². The van der Waals surface area contributed by atoms with Crippen LogP contribution >= 0.6 is 0 Å². The molecule has 0 radical (unpaired) electrons. The Morgan fingerprint density at radius 2 is 1.74 bits per heavy atom. The number of nitrogens with two attached hydrogens (primary N) is 2. The molecular formula is C11H11F3N2O3. The van der Waals surface area contributed by atoms with Crippen LogP contribution in [0.1, 0.15) is 33.2 Å². The maximum Gasteiger partial charge on any atom is 0.416 e. The Kier molecular flexibility index (Phi) is 3.85. The van der Waals surface area contributed by atoms with Crippen LogP contribution in [0.15, 0.2) is 12.1 Å². The normalized spacial score (nSPS) is 13.1. The molecule has 0 aliphatic carbocycles. The molecule has 5 N–H and O–H groups in total. The summed E-state index contributed by atoms with van der Waals surface area (Å²) in [5, 5.41) is 8.81. The molecule has 1 aromatic carbocycles. The van der Waals surface area contributed by atoms with Crippen molar-refractivity contribution in [1.29, 1.82) is 0 Å². The highest BCUT2D eigenvalue weighted by molar-refractivity contribution is 6.08. The molecule has 8 heteroatoms. The quantitative estimate of drug-likeness (QED) is 0.573. The maximum atomic E-state index is 12.6. The van der Waals surface area contributed by atoms with Gasteiger partial charge in [0.15, 0.2) is 5.78 Å². The van der Waals surface area contributed by atoms with Crippen LogP contribution in [0.4, 0.5) is 18.9 Å². The van der Waals surface area contributed by atoms with Crippen molar-refractivity contribution < 1.29 is 27.9 Å². The number of carbonyl (C=O) groups excluding carboxylic acids is 1. The number of carboxylic acid groups (broad SMARTS) is 1. The molecule has 0 fully saturated rings. The molecule has 104 valence electrons. The smallest absolute Gasteiger partial charge is 0.416 e. The van der Waals surface area contributed by atoms with Crippen molar-refractivity contribution in [3.05, 3.63) is 28.8 Å². The van der Waals surface area contributed by atoms with Crippen molar-refractivity contribution in [1.82, 2.24) is 0 Å². The molecule has 0 heterocycles. The van der Waals surface area contributed by atoms with Gasteiger partial charge in [-0.2, -0.15) is 13.2 Å². The summed E-state index contributed by atoms with van der Waals surface area (Å²) in [7, 11) is 0. The largest absolute Gasteiger partial charge is 0.478 e. The van der Waals surface area contributed by atoms with E-state index >= 15 is 0 Å². The predicted molar refractivity (Wildman–Crippen MR) is 60.8 cm³/mol. The zero-order chi connectivity index (χ0) is 15.0. The second-order valence-corrected chi connectivity index (χ2v) is 3.94. The minimum atomic E-state index is -4.79. The minimum absolute atomic E-state index is 0.385. The predicted octanol–water partition coefficient (Wildman–Crippen LogP) is 1.52. The van der Waals surface area contributed by atoms with E-state index in [1.807, 2.05) is 0 Å². The topological polar surface area (TPSA) is 106 Å². The zero-order valence-electron chi connectivity index (χ0n) is 9.78. The molecule has 1 rings (SSSR count). The first-order chi connectivity index (χ1) is 8.55. The molecule has 1 atom stereocenters. The highest BCUT2D eigenvalue weighted by atomic mass is 19.4. The van der Waals surface area contributed by atoms with Gasteiger partial charge in [-0.15, -0.1) is 0 Å². The lowest BCUT2D eigenvalue weighted by Crippen LogP contribution is -2.28. The molecule has 1 unspecified atom stereocenters. The Balaban J connectivity index is 3.59. The molecule has 0 aromatic heterocycles. The third-order valence-corrected chi connectivity index (χ3v) is 2.42. The fourth-order valence-electron chi connectivity index (χ4n) is 1.44. The lowest BCUT2D eigenvalue weighted by atomic mass is 9.97. The maximum absolute atomic E-state index is 12.6. The number of carbonyl (C=O) groups is 2. The Labute approximate surface area is 106 Å². The molecule has 1 aromatic rings. The van der Waals surface area contributed by atoms with E-state index in [0.29, 0.717) is 12.1 Å². The summed E-state index contributed by atoms with van der Waals surface area (Å²) in [5.41, 5.74) is 7.59. The summed E-state index contributed by atoms with van der Waals surface area (Å²) in [6.45, 7) is 1.27. The molecule has 0 amide bonds. The molecule has 5 nitrogen and oxygen atoms in total. The van der Waals surface area contributed by atoms with Crippen molar-refractivity contribution in [2.75, 3.05) is 5.73 Å². The van der Waals surface area contributed by atoms with Gasteiger partial charge in [-0.3, -0.25) is 4.79 Å². The van der Waals surface area contributed by atoms with Crippen LogP contribution in [0.25, 0.3) is 0 Å². The average molecular weight is 276 g/mol. The standard InChI is InChI=1S/C11H11F3N2O3/c1-4(15)9(17)6-2-5(11(12,13)14)3-7(8(6)16)10(18)19/h2-4H,15-16H2,1H3,(H,18,19). The summed E-state index contributed by atoms with van der Waals surface area (Å²) in [4.78, 5) is 22.5. The summed E-state index contributed by atoms with van der Waals surface area (Å²) >= 11 is 0. The van der Waals surface area contributed by atoms with Gasteiger partial charge in [-0.1, -0.05) is 0 Å². The second kappa shape index (κ2) is 4.88. The van der Waals surface area contributed by atoms with Crippen molar-refractivity contribution in [2.45, 2.75) is 19.1 Å². The van der Waals surface area contributed by atoms with E-state index in [9.17, 15) is 22.8 Å². The van der Waals surface area contributed by atoms with Crippen molar-refractivity contribution in [3.63, 3.8) is 0 Å². The average Bonchev–Trinajstić information content (AvgIpc) is 2.26. The number of nitrogen functional groups attached to an aromatic ring is 1. The van der Waals surface area contributed by atoms with E-state index in [4.69, 9.17) is 16.6 Å².